The summed E-state index contributed by atoms with van der Waals surface area (Å²) in [5.41, 5.74) is 0.445. The molecule has 0 bridgehead atoms. The van der Waals surface area contributed by atoms with Crippen LogP contribution in [0.1, 0.15) is 46.5 Å². The van der Waals surface area contributed by atoms with Gasteiger partial charge in [0.05, 0.1) is 6.10 Å². The molecule has 0 amide bonds. The maximum atomic E-state index is 9.29. The lowest BCUT2D eigenvalue weighted by Gasteiger charge is -2.35. The van der Waals surface area contributed by atoms with Gasteiger partial charge in [0.15, 0.2) is 0 Å². The van der Waals surface area contributed by atoms with Gasteiger partial charge in [0.25, 0.3) is 0 Å². The van der Waals surface area contributed by atoms with Crippen LogP contribution in [0, 0.1) is 11.3 Å². The number of hydrogen-bond acceptors (Lipinski definition) is 1. The van der Waals surface area contributed by atoms with Crippen LogP contribution in [-0.4, -0.2) is 11.2 Å². The molecule has 0 radical (unpaired) electrons. The van der Waals surface area contributed by atoms with Crippen LogP contribution in [0.15, 0.2) is 0 Å². The molecule has 1 nitrogen and oxygen atoms in total. The summed E-state index contributed by atoms with van der Waals surface area (Å²) in [5, 5.41) is 9.29. The number of aliphatic hydroxyl groups is 1. The van der Waals surface area contributed by atoms with E-state index in [9.17, 15) is 5.11 Å². The minimum atomic E-state index is -0.00593. The molecule has 0 aromatic carbocycles. The number of halogens is 2. The summed E-state index contributed by atoms with van der Waals surface area (Å²) in [5.74, 6) is 0.825. The second kappa shape index (κ2) is 6.10. The van der Waals surface area contributed by atoms with Gasteiger partial charge in [-0.1, -0.05) is 20.8 Å². The lowest BCUT2D eigenvalue weighted by molar-refractivity contribution is 0.0725. The fourth-order valence-corrected chi connectivity index (χ4v) is 1.94. The highest BCUT2D eigenvalue weighted by atomic mass is 35.5. The van der Waals surface area contributed by atoms with E-state index >= 15 is 0 Å². The van der Waals surface area contributed by atoms with Gasteiger partial charge in [0.1, 0.15) is 0 Å². The molecule has 0 atom stereocenters. The van der Waals surface area contributed by atoms with Crippen LogP contribution >= 0.6 is 24.8 Å². The third kappa shape index (κ3) is 5.09. The molecule has 1 aliphatic carbocycles. The van der Waals surface area contributed by atoms with Crippen LogP contribution in [0.4, 0.5) is 0 Å². The lowest BCUT2D eigenvalue weighted by Crippen LogP contribution is -2.27. The Labute approximate surface area is 94.1 Å². The SMILES string of the molecule is CC(C)(C)C1CCC(O)CC1.Cl.Cl. The molecule has 13 heavy (non-hydrogen) atoms. The molecular formula is C10H22Cl2O. The highest BCUT2D eigenvalue weighted by Crippen LogP contribution is 2.37. The number of aliphatic hydroxyl groups excluding tert-OH is 1. The van der Waals surface area contributed by atoms with Gasteiger partial charge >= 0.3 is 0 Å². The molecule has 1 aliphatic rings. The van der Waals surface area contributed by atoms with E-state index in [0.29, 0.717) is 5.41 Å². The smallest absolute Gasteiger partial charge is 0.0540 e. The molecule has 0 saturated heterocycles. The Morgan fingerprint density at radius 3 is 1.62 bits per heavy atom. The Hall–Kier alpha value is 0.540. The van der Waals surface area contributed by atoms with Crippen molar-refractivity contribution in [2.24, 2.45) is 11.3 Å². The van der Waals surface area contributed by atoms with Crippen molar-refractivity contribution in [3.8, 4) is 0 Å². The minimum Gasteiger partial charge on any atom is -0.393 e. The zero-order valence-corrected chi connectivity index (χ0v) is 10.4. The Morgan fingerprint density at radius 1 is 0.923 bits per heavy atom. The molecule has 1 N–H and O–H groups in total. The molecular weight excluding hydrogens is 207 g/mol. The van der Waals surface area contributed by atoms with Crippen LogP contribution in [0.5, 0.6) is 0 Å². The molecule has 1 saturated carbocycles. The molecule has 0 heterocycles. The molecule has 1 rings (SSSR count). The van der Waals surface area contributed by atoms with Crippen molar-refractivity contribution in [1.82, 2.24) is 0 Å². The molecule has 3 heteroatoms. The molecule has 0 aromatic heterocycles. The summed E-state index contributed by atoms with van der Waals surface area (Å²) in [4.78, 5) is 0. The van der Waals surface area contributed by atoms with Crippen molar-refractivity contribution >= 4 is 24.8 Å². The first kappa shape index (κ1) is 16.0. The van der Waals surface area contributed by atoms with Crippen LogP contribution in [0.3, 0.4) is 0 Å². The second-order valence-corrected chi connectivity index (χ2v) is 4.87. The Balaban J connectivity index is 0. The zero-order chi connectivity index (χ0) is 8.48. The first-order valence-corrected chi connectivity index (χ1v) is 4.68. The fraction of sp³-hybridized carbons (Fsp3) is 1.00. The minimum absolute atomic E-state index is 0. The molecule has 0 unspecified atom stereocenters. The first-order valence-electron chi connectivity index (χ1n) is 4.68. The van der Waals surface area contributed by atoms with Gasteiger partial charge < -0.3 is 5.11 Å². The average Bonchev–Trinajstić information content (AvgIpc) is 1.86. The van der Waals surface area contributed by atoms with Crippen LogP contribution in [0.2, 0.25) is 0 Å². The number of rotatable bonds is 0. The van der Waals surface area contributed by atoms with Gasteiger partial charge in [-0.25, -0.2) is 0 Å². The van der Waals surface area contributed by atoms with E-state index in [1.165, 1.54) is 12.8 Å². The van der Waals surface area contributed by atoms with Crippen LogP contribution in [0.25, 0.3) is 0 Å². The topological polar surface area (TPSA) is 20.2 Å². The maximum absolute atomic E-state index is 9.29. The average molecular weight is 229 g/mol. The van der Waals surface area contributed by atoms with E-state index in [1.54, 1.807) is 0 Å². The number of hydrogen-bond donors (Lipinski definition) is 1. The molecule has 1 fully saturated rings. The van der Waals surface area contributed by atoms with E-state index in [-0.39, 0.29) is 30.9 Å². The standard InChI is InChI=1S/C10H20O.2ClH/c1-10(2,3)8-4-6-9(11)7-5-8;;/h8-9,11H,4-7H2,1-3H3;2*1H. The fourth-order valence-electron chi connectivity index (χ4n) is 1.94. The Kier molecular flexibility index (Phi) is 7.51. The normalized spacial score (nSPS) is 28.6. The summed E-state index contributed by atoms with van der Waals surface area (Å²) < 4.78 is 0. The molecule has 0 aliphatic heterocycles. The zero-order valence-electron chi connectivity index (χ0n) is 8.75. The third-order valence-corrected chi connectivity index (χ3v) is 2.92. The quantitative estimate of drug-likeness (QED) is 0.674. The summed E-state index contributed by atoms with van der Waals surface area (Å²) >= 11 is 0. The first-order chi connectivity index (χ1) is 5.00. The summed E-state index contributed by atoms with van der Waals surface area (Å²) in [7, 11) is 0. The van der Waals surface area contributed by atoms with E-state index in [1.807, 2.05) is 0 Å². The van der Waals surface area contributed by atoms with Crippen molar-refractivity contribution in [3.05, 3.63) is 0 Å². The van der Waals surface area contributed by atoms with Crippen molar-refractivity contribution in [2.45, 2.75) is 52.6 Å². The van der Waals surface area contributed by atoms with Gasteiger partial charge in [0.2, 0.25) is 0 Å². The van der Waals surface area contributed by atoms with Crippen molar-refractivity contribution < 1.29 is 5.11 Å². The van der Waals surface area contributed by atoms with Crippen LogP contribution < -0.4 is 0 Å². The van der Waals surface area contributed by atoms with Crippen molar-refractivity contribution in [1.29, 1.82) is 0 Å². The van der Waals surface area contributed by atoms with E-state index < -0.39 is 0 Å². The van der Waals surface area contributed by atoms with E-state index in [0.717, 1.165) is 18.8 Å². The highest BCUT2D eigenvalue weighted by molar-refractivity contribution is 5.85. The second-order valence-electron chi connectivity index (χ2n) is 4.87. The Bertz CT molecular complexity index is 123. The molecule has 0 aromatic rings. The van der Waals surface area contributed by atoms with Gasteiger partial charge in [0, 0.05) is 0 Å². The summed E-state index contributed by atoms with van der Waals surface area (Å²) in [6.07, 6.45) is 4.45. The van der Waals surface area contributed by atoms with Gasteiger partial charge in [-0.3, -0.25) is 0 Å². The predicted octanol–water partition coefficient (Wildman–Crippen LogP) is 3.43. The monoisotopic (exact) mass is 228 g/mol. The lowest BCUT2D eigenvalue weighted by atomic mass is 9.72. The van der Waals surface area contributed by atoms with Crippen molar-refractivity contribution in [3.63, 3.8) is 0 Å². The predicted molar refractivity (Wildman–Crippen MR) is 61.9 cm³/mol. The van der Waals surface area contributed by atoms with E-state index in [4.69, 9.17) is 0 Å². The highest BCUT2D eigenvalue weighted by Gasteiger charge is 2.28. The van der Waals surface area contributed by atoms with Crippen LogP contribution in [-0.2, 0) is 0 Å². The van der Waals surface area contributed by atoms with Gasteiger partial charge in [-0.2, -0.15) is 0 Å². The van der Waals surface area contributed by atoms with Gasteiger partial charge in [-0.15, -0.1) is 24.8 Å². The van der Waals surface area contributed by atoms with E-state index in [2.05, 4.69) is 20.8 Å². The third-order valence-electron chi connectivity index (χ3n) is 2.92. The van der Waals surface area contributed by atoms with Gasteiger partial charge in [-0.05, 0) is 37.0 Å². The molecule has 0 spiro atoms. The Morgan fingerprint density at radius 2 is 1.31 bits per heavy atom. The molecule has 82 valence electrons. The largest absolute Gasteiger partial charge is 0.393 e. The maximum Gasteiger partial charge on any atom is 0.0540 e. The van der Waals surface area contributed by atoms with Crippen molar-refractivity contribution in [2.75, 3.05) is 0 Å². The summed E-state index contributed by atoms with van der Waals surface area (Å²) in [6, 6.07) is 0. The summed E-state index contributed by atoms with van der Waals surface area (Å²) in [6.45, 7) is 6.90.